The number of aliphatic hydroxyl groups excluding tert-OH is 2. The molecule has 5 nitrogen and oxygen atoms in total. The fourth-order valence-corrected chi connectivity index (χ4v) is 4.68. The van der Waals surface area contributed by atoms with Crippen molar-refractivity contribution in [2.45, 2.75) is 57.0 Å². The van der Waals surface area contributed by atoms with E-state index in [1.807, 2.05) is 16.8 Å². The molecule has 0 spiro atoms. The largest absolute Gasteiger partial charge is 0.487 e. The molecule has 4 rings (SSSR count). The third-order valence-electron chi connectivity index (χ3n) is 5.89. The fourth-order valence-electron chi connectivity index (χ4n) is 4.25. The third-order valence-corrected chi connectivity index (χ3v) is 6.31. The highest BCUT2D eigenvalue weighted by atomic mass is 31.0. The number of aryl methyl sites for hydroxylation is 3. The second-order valence-electron chi connectivity index (χ2n) is 8.34. The maximum atomic E-state index is 13.3. The highest BCUT2D eigenvalue weighted by molar-refractivity contribution is 7.13. The molecule has 0 fully saturated rings. The lowest BCUT2D eigenvalue weighted by molar-refractivity contribution is -0.00755. The van der Waals surface area contributed by atoms with Gasteiger partial charge in [0, 0.05) is 13.1 Å². The summed E-state index contributed by atoms with van der Waals surface area (Å²) in [6.07, 6.45) is 0.927. The van der Waals surface area contributed by atoms with E-state index in [9.17, 15) is 14.6 Å². The lowest BCUT2D eigenvalue weighted by atomic mass is 9.97. The van der Waals surface area contributed by atoms with E-state index in [2.05, 4.69) is 22.4 Å². The molecule has 5 unspecified atom stereocenters. The zero-order valence-corrected chi connectivity index (χ0v) is 18.3. The van der Waals surface area contributed by atoms with Crippen LogP contribution in [0.3, 0.4) is 0 Å². The van der Waals surface area contributed by atoms with Gasteiger partial charge in [0.05, 0.1) is 0 Å². The minimum absolute atomic E-state index is 0.270. The van der Waals surface area contributed by atoms with Crippen molar-refractivity contribution in [1.29, 1.82) is 0 Å². The van der Waals surface area contributed by atoms with Crippen LogP contribution in [0.15, 0.2) is 36.4 Å². The average Bonchev–Trinajstić information content (AvgIpc) is 2.72. The molecule has 5 atom stereocenters. The van der Waals surface area contributed by atoms with Crippen LogP contribution in [-0.2, 0) is 12.8 Å². The highest BCUT2D eigenvalue weighted by Gasteiger charge is 2.30. The fraction of sp³-hybridized carbons (Fsp3) is 0.478. The quantitative estimate of drug-likeness (QED) is 0.686. The lowest BCUT2D eigenvalue weighted by Crippen LogP contribution is -2.45. The molecule has 0 saturated carbocycles. The molecule has 2 aromatic carbocycles. The van der Waals surface area contributed by atoms with Crippen LogP contribution >= 0.6 is 9.39 Å². The summed E-state index contributed by atoms with van der Waals surface area (Å²) >= 11 is 0. The van der Waals surface area contributed by atoms with Gasteiger partial charge in [-0.3, -0.25) is 4.67 Å². The van der Waals surface area contributed by atoms with E-state index in [1.165, 1.54) is 23.3 Å². The zero-order chi connectivity index (χ0) is 21.3. The summed E-state index contributed by atoms with van der Waals surface area (Å²) < 4.78 is 27.1. The minimum atomic E-state index is -0.719. The van der Waals surface area contributed by atoms with Crippen molar-refractivity contribution >= 4 is 9.39 Å². The topological polar surface area (TPSA) is 62.2 Å². The molecule has 0 radical (unpaired) electrons. The standard InChI is InChI=1S/C23H29FNO4P/c1-14-2-6-20-15(10-14)3-7-22(28-20)18(26)12-25(30)13-19(27)23-8-4-16-11-17(24)5-9-21(16)29-23/h2,5-6,9-11,18-19,22-23,26-27H,3-4,7-8,12-13,30H2,1H3. The van der Waals surface area contributed by atoms with Gasteiger partial charge in [-0.25, -0.2) is 4.39 Å². The number of rotatable bonds is 6. The SMILES string of the molecule is Cc1ccc2c(c1)CCC(C(O)CN(P)CC(O)C1CCc3cc(F)ccc3O1)O2. The minimum Gasteiger partial charge on any atom is -0.487 e. The first-order chi connectivity index (χ1) is 14.4. The van der Waals surface area contributed by atoms with Crippen LogP contribution < -0.4 is 9.47 Å². The van der Waals surface area contributed by atoms with Crippen LogP contribution in [0.25, 0.3) is 0 Å². The summed E-state index contributed by atoms with van der Waals surface area (Å²) in [5, 5.41) is 21.3. The average molecular weight is 433 g/mol. The van der Waals surface area contributed by atoms with E-state index in [0.29, 0.717) is 31.7 Å². The Hall–Kier alpha value is -1.72. The number of benzene rings is 2. The monoisotopic (exact) mass is 433 g/mol. The molecule has 162 valence electrons. The first-order valence-corrected chi connectivity index (χ1v) is 11.0. The van der Waals surface area contributed by atoms with Crippen LogP contribution in [0.5, 0.6) is 11.5 Å². The highest BCUT2D eigenvalue weighted by Crippen LogP contribution is 2.31. The Morgan fingerprint density at radius 2 is 1.50 bits per heavy atom. The van der Waals surface area contributed by atoms with E-state index in [0.717, 1.165) is 24.2 Å². The van der Waals surface area contributed by atoms with E-state index in [-0.39, 0.29) is 18.0 Å². The van der Waals surface area contributed by atoms with Gasteiger partial charge in [-0.15, -0.1) is 0 Å². The lowest BCUT2D eigenvalue weighted by Gasteiger charge is -2.34. The van der Waals surface area contributed by atoms with Gasteiger partial charge >= 0.3 is 0 Å². The Kier molecular flexibility index (Phi) is 6.59. The third kappa shape index (κ3) is 4.94. The van der Waals surface area contributed by atoms with E-state index < -0.39 is 12.2 Å². The molecule has 2 heterocycles. The molecule has 0 amide bonds. The van der Waals surface area contributed by atoms with Gasteiger partial charge in [0.2, 0.25) is 0 Å². The maximum absolute atomic E-state index is 13.3. The van der Waals surface area contributed by atoms with Crippen molar-refractivity contribution in [2.75, 3.05) is 13.1 Å². The van der Waals surface area contributed by atoms with Crippen molar-refractivity contribution in [3.63, 3.8) is 0 Å². The molecule has 0 bridgehead atoms. The van der Waals surface area contributed by atoms with Gasteiger partial charge in [0.1, 0.15) is 41.7 Å². The molecule has 2 aliphatic rings. The number of nitrogens with zero attached hydrogens (tertiary/aromatic N) is 1. The van der Waals surface area contributed by atoms with Gasteiger partial charge in [-0.05, 0) is 68.0 Å². The first-order valence-electron chi connectivity index (χ1n) is 10.5. The molecule has 2 aromatic rings. The predicted molar refractivity (Wildman–Crippen MR) is 116 cm³/mol. The molecule has 0 aromatic heterocycles. The Balaban J connectivity index is 1.28. The Morgan fingerprint density at radius 3 is 2.10 bits per heavy atom. The van der Waals surface area contributed by atoms with E-state index in [4.69, 9.17) is 9.47 Å². The molecule has 2 aliphatic heterocycles. The van der Waals surface area contributed by atoms with E-state index >= 15 is 0 Å². The molecular weight excluding hydrogens is 404 g/mol. The summed E-state index contributed by atoms with van der Waals surface area (Å²) in [5.74, 6) is 1.20. The second-order valence-corrected chi connectivity index (χ2v) is 9.07. The number of hydrogen-bond donors (Lipinski definition) is 2. The molecule has 2 N–H and O–H groups in total. The molecule has 30 heavy (non-hydrogen) atoms. The number of halogens is 1. The second kappa shape index (κ2) is 9.19. The Bertz CT molecular complexity index is 824. The number of aliphatic hydroxyl groups is 2. The summed E-state index contributed by atoms with van der Waals surface area (Å²) in [7, 11) is 2.57. The normalized spacial score (nSPS) is 22.5. The van der Waals surface area contributed by atoms with Gasteiger partial charge in [-0.2, -0.15) is 0 Å². The van der Waals surface area contributed by atoms with Gasteiger partial charge in [0.15, 0.2) is 0 Å². The Morgan fingerprint density at radius 1 is 0.967 bits per heavy atom. The number of fused-ring (bicyclic) bond motifs is 2. The predicted octanol–water partition coefficient (Wildman–Crippen LogP) is 3.04. The van der Waals surface area contributed by atoms with Crippen LogP contribution in [0.4, 0.5) is 4.39 Å². The molecular formula is C23H29FNO4P. The first kappa shape index (κ1) is 21.5. The summed E-state index contributed by atoms with van der Waals surface area (Å²) in [4.78, 5) is 0. The van der Waals surface area contributed by atoms with Gasteiger partial charge in [-0.1, -0.05) is 27.1 Å². The zero-order valence-electron chi connectivity index (χ0n) is 17.1. The summed E-state index contributed by atoms with van der Waals surface area (Å²) in [6, 6.07) is 10.6. The van der Waals surface area contributed by atoms with Crippen molar-refractivity contribution in [3.05, 3.63) is 58.9 Å². The van der Waals surface area contributed by atoms with Crippen molar-refractivity contribution < 1.29 is 24.1 Å². The van der Waals surface area contributed by atoms with Crippen molar-refractivity contribution in [3.8, 4) is 11.5 Å². The van der Waals surface area contributed by atoms with Crippen molar-refractivity contribution in [1.82, 2.24) is 4.67 Å². The van der Waals surface area contributed by atoms with Crippen molar-refractivity contribution in [2.24, 2.45) is 0 Å². The number of hydrogen-bond acceptors (Lipinski definition) is 5. The van der Waals surface area contributed by atoms with Gasteiger partial charge in [0.25, 0.3) is 0 Å². The summed E-state index contributed by atoms with van der Waals surface area (Å²) in [5.41, 5.74) is 3.23. The summed E-state index contributed by atoms with van der Waals surface area (Å²) in [6.45, 7) is 2.76. The molecule has 0 saturated heterocycles. The number of ether oxygens (including phenoxy) is 2. The van der Waals surface area contributed by atoms with Crippen LogP contribution in [0, 0.1) is 12.7 Å². The molecule has 7 heteroatoms. The molecule has 0 aliphatic carbocycles. The smallest absolute Gasteiger partial charge is 0.126 e. The van der Waals surface area contributed by atoms with E-state index in [1.54, 1.807) is 6.07 Å². The maximum Gasteiger partial charge on any atom is 0.126 e. The van der Waals surface area contributed by atoms with Crippen LogP contribution in [0.1, 0.15) is 29.5 Å². The van der Waals surface area contributed by atoms with Crippen LogP contribution in [-0.4, -0.2) is 52.4 Å². The Labute approximate surface area is 179 Å². The van der Waals surface area contributed by atoms with Gasteiger partial charge < -0.3 is 19.7 Å². The van der Waals surface area contributed by atoms with Crippen LogP contribution in [0.2, 0.25) is 0 Å².